The second kappa shape index (κ2) is 6.58. The van der Waals surface area contributed by atoms with Crippen LogP contribution in [0.4, 0.5) is 0 Å². The van der Waals surface area contributed by atoms with Crippen LogP contribution in [0.25, 0.3) is 0 Å². The molecule has 6 heteroatoms. The Labute approximate surface area is 88.0 Å². The first kappa shape index (κ1) is 13.2. The van der Waals surface area contributed by atoms with E-state index in [9.17, 15) is 15.2 Å². The number of hydrogen-bond acceptors (Lipinski definition) is 5. The van der Waals surface area contributed by atoms with Crippen LogP contribution in [0, 0.1) is 15.5 Å². The summed E-state index contributed by atoms with van der Waals surface area (Å²) in [5.41, 5.74) is 0. The Kier molecular flexibility index (Phi) is 5.77. The first-order valence-electron chi connectivity index (χ1n) is 4.53. The van der Waals surface area contributed by atoms with E-state index in [-0.39, 0.29) is 11.8 Å². The molecule has 0 bridgehead atoms. The van der Waals surface area contributed by atoms with E-state index in [2.05, 4.69) is 5.32 Å². The molecule has 3 N–H and O–H groups in total. The van der Waals surface area contributed by atoms with Crippen molar-refractivity contribution in [2.75, 3.05) is 0 Å². The quantitative estimate of drug-likeness (QED) is 0.212. The number of rotatable bonds is 5. The Morgan fingerprint density at radius 3 is 2.80 bits per heavy atom. The molecule has 0 aromatic rings. The first-order chi connectivity index (χ1) is 6.99. The van der Waals surface area contributed by atoms with Crippen LogP contribution in [-0.4, -0.2) is 21.9 Å². The molecule has 0 saturated heterocycles. The maximum absolute atomic E-state index is 10.1. The van der Waals surface area contributed by atoms with E-state index in [0.717, 1.165) is 6.08 Å². The smallest absolute Gasteiger partial charge is 0.357 e. The zero-order valence-electron chi connectivity index (χ0n) is 8.73. The van der Waals surface area contributed by atoms with Crippen molar-refractivity contribution in [1.82, 2.24) is 5.32 Å². The molecular weight excluding hydrogens is 198 g/mol. The predicted molar refractivity (Wildman–Crippen MR) is 57.5 cm³/mol. The Hall–Kier alpha value is -1.85. The largest absolute Gasteiger partial charge is 0.510 e. The molecule has 0 heterocycles. The summed E-state index contributed by atoms with van der Waals surface area (Å²) >= 11 is 0. The highest BCUT2D eigenvalue weighted by atomic mass is 16.6. The fraction of sp³-hybridized carbons (Fsp3) is 0.444. The molecule has 0 fully saturated rings. The Morgan fingerprint density at radius 2 is 2.33 bits per heavy atom. The summed E-state index contributed by atoms with van der Waals surface area (Å²) in [6.45, 7) is 3.60. The van der Waals surface area contributed by atoms with Gasteiger partial charge >= 0.3 is 5.84 Å². The Bertz CT molecular complexity index is 297. The van der Waals surface area contributed by atoms with Crippen molar-refractivity contribution < 1.29 is 10.0 Å². The second-order valence-corrected chi connectivity index (χ2v) is 2.90. The first-order valence-corrected chi connectivity index (χ1v) is 4.53. The summed E-state index contributed by atoms with van der Waals surface area (Å²) in [6, 6.07) is -0.319. The molecule has 0 aromatic carbocycles. The van der Waals surface area contributed by atoms with E-state index in [1.807, 2.05) is 6.92 Å². The molecule has 0 saturated carbocycles. The zero-order valence-corrected chi connectivity index (χ0v) is 8.73. The lowest BCUT2D eigenvalue weighted by atomic mass is 10.2. The van der Waals surface area contributed by atoms with Crippen LogP contribution in [0.3, 0.4) is 0 Å². The predicted octanol–water partition coefficient (Wildman–Crippen LogP) is 1.58. The number of nitrogens with one attached hydrogen (secondary N) is 2. The molecule has 1 unspecified atom stereocenters. The van der Waals surface area contributed by atoms with Gasteiger partial charge in [-0.1, -0.05) is 12.3 Å². The molecule has 15 heavy (non-hydrogen) atoms. The third-order valence-electron chi connectivity index (χ3n) is 1.64. The molecule has 0 rings (SSSR count). The molecule has 0 radical (unpaired) electrons. The Balaban J connectivity index is 4.11. The molecule has 84 valence electrons. The maximum atomic E-state index is 10.1. The summed E-state index contributed by atoms with van der Waals surface area (Å²) in [5, 5.41) is 29.0. The average Bonchev–Trinajstić information content (AvgIpc) is 2.17. The number of aliphatic hydroxyl groups excluding tert-OH is 1. The van der Waals surface area contributed by atoms with Crippen molar-refractivity contribution in [3.05, 3.63) is 34.2 Å². The fourth-order valence-electron chi connectivity index (χ4n) is 0.804. The summed E-state index contributed by atoms with van der Waals surface area (Å²) in [4.78, 5) is 9.25. The lowest BCUT2D eigenvalue weighted by molar-refractivity contribution is -0.349. The number of nitro groups is 1. The van der Waals surface area contributed by atoms with Crippen LogP contribution in [-0.2, 0) is 0 Å². The Morgan fingerprint density at radius 1 is 1.73 bits per heavy atom. The molecule has 0 aliphatic rings. The van der Waals surface area contributed by atoms with E-state index in [0.29, 0.717) is 6.42 Å². The van der Waals surface area contributed by atoms with Gasteiger partial charge < -0.3 is 20.5 Å². The summed E-state index contributed by atoms with van der Waals surface area (Å²) in [5.74, 6) is -0.525. The van der Waals surface area contributed by atoms with Gasteiger partial charge in [0.2, 0.25) is 0 Å². The topological polar surface area (TPSA) is 99.2 Å². The van der Waals surface area contributed by atoms with Crippen LogP contribution in [0.15, 0.2) is 24.1 Å². The highest BCUT2D eigenvalue weighted by molar-refractivity contribution is 5.82. The normalized spacial score (nSPS) is 13.9. The average molecular weight is 213 g/mol. The molecule has 0 amide bonds. The lowest BCUT2D eigenvalue weighted by Gasteiger charge is -2.10. The monoisotopic (exact) mass is 213 g/mol. The van der Waals surface area contributed by atoms with Crippen molar-refractivity contribution in [1.29, 1.82) is 5.41 Å². The summed E-state index contributed by atoms with van der Waals surface area (Å²) in [7, 11) is 0. The third kappa shape index (κ3) is 5.45. The van der Waals surface area contributed by atoms with Crippen molar-refractivity contribution >= 4 is 5.84 Å². The van der Waals surface area contributed by atoms with Crippen molar-refractivity contribution in [2.45, 2.75) is 26.3 Å². The van der Waals surface area contributed by atoms with Crippen molar-refractivity contribution in [3.8, 4) is 0 Å². The van der Waals surface area contributed by atoms with Gasteiger partial charge in [-0.3, -0.25) is 0 Å². The van der Waals surface area contributed by atoms with E-state index < -0.39 is 10.8 Å². The fourth-order valence-corrected chi connectivity index (χ4v) is 0.804. The molecule has 0 aliphatic heterocycles. The van der Waals surface area contributed by atoms with Crippen LogP contribution < -0.4 is 5.32 Å². The lowest BCUT2D eigenvalue weighted by Crippen LogP contribution is -2.23. The minimum absolute atomic E-state index is 0.176. The van der Waals surface area contributed by atoms with Gasteiger partial charge in [-0.25, -0.2) is 0 Å². The van der Waals surface area contributed by atoms with E-state index in [1.54, 1.807) is 13.0 Å². The zero-order chi connectivity index (χ0) is 11.8. The number of hydrogen-bond donors (Lipinski definition) is 3. The number of allylic oxidation sites excluding steroid dienone is 1. The van der Waals surface area contributed by atoms with Gasteiger partial charge in [0.1, 0.15) is 5.76 Å². The van der Waals surface area contributed by atoms with Crippen LogP contribution in [0.1, 0.15) is 20.3 Å². The van der Waals surface area contributed by atoms with E-state index >= 15 is 0 Å². The summed E-state index contributed by atoms with van der Waals surface area (Å²) < 4.78 is 0. The molecule has 0 spiro atoms. The second-order valence-electron chi connectivity index (χ2n) is 2.90. The number of nitrogens with zero attached hydrogens (tertiary/aromatic N) is 1. The van der Waals surface area contributed by atoms with E-state index in [4.69, 9.17) is 5.41 Å². The summed E-state index contributed by atoms with van der Waals surface area (Å²) in [6.07, 6.45) is 4.65. The van der Waals surface area contributed by atoms with Gasteiger partial charge in [0.05, 0.1) is 12.1 Å². The highest BCUT2D eigenvalue weighted by Gasteiger charge is 2.04. The molecular formula is C9H15N3O3. The number of aliphatic hydroxyl groups is 1. The van der Waals surface area contributed by atoms with Crippen LogP contribution in [0.5, 0.6) is 0 Å². The van der Waals surface area contributed by atoms with Crippen LogP contribution in [0.2, 0.25) is 0 Å². The van der Waals surface area contributed by atoms with Gasteiger partial charge in [-0.15, -0.1) is 0 Å². The molecule has 0 aromatic heterocycles. The molecule has 6 nitrogen and oxygen atoms in total. The van der Waals surface area contributed by atoms with Crippen LogP contribution >= 0.6 is 0 Å². The van der Waals surface area contributed by atoms with Gasteiger partial charge in [-0.05, 0) is 24.3 Å². The van der Waals surface area contributed by atoms with Gasteiger partial charge in [-0.2, -0.15) is 0 Å². The highest BCUT2D eigenvalue weighted by Crippen LogP contribution is 1.98. The SMILES string of the molecule is CC/C=C(/O)C(C)N/C=C\C(=N)[N+](=O)[O-]. The minimum Gasteiger partial charge on any atom is -0.510 e. The minimum atomic E-state index is -0.801. The molecule has 1 atom stereocenters. The van der Waals surface area contributed by atoms with Gasteiger partial charge in [0, 0.05) is 6.20 Å². The van der Waals surface area contributed by atoms with E-state index in [1.165, 1.54) is 6.20 Å². The van der Waals surface area contributed by atoms with Gasteiger partial charge in [0.15, 0.2) is 0 Å². The number of amidine groups is 1. The third-order valence-corrected chi connectivity index (χ3v) is 1.64. The van der Waals surface area contributed by atoms with Crippen molar-refractivity contribution in [3.63, 3.8) is 0 Å². The van der Waals surface area contributed by atoms with Gasteiger partial charge in [0.25, 0.3) is 0 Å². The maximum Gasteiger partial charge on any atom is 0.357 e. The molecule has 0 aliphatic carbocycles. The standard InChI is InChI=1S/C9H15N3O3/c1-3-4-8(13)7(2)11-6-5-9(10)12(14)15/h4-7,10-11,13H,3H2,1-2H3/b6-5-,8-4+,10-9?. The van der Waals surface area contributed by atoms with Crippen molar-refractivity contribution in [2.24, 2.45) is 0 Å².